The number of allylic oxidation sites excluding steroid dienone is 1. The molecule has 1 aliphatic rings. The molecule has 0 amide bonds. The van der Waals surface area contributed by atoms with E-state index >= 15 is 0 Å². The Morgan fingerprint density at radius 1 is 1.29 bits per heavy atom. The van der Waals surface area contributed by atoms with Crippen LogP contribution in [-0.2, 0) is 6.42 Å². The minimum Gasteiger partial charge on any atom is -0.338 e. The van der Waals surface area contributed by atoms with Crippen molar-refractivity contribution in [2.75, 3.05) is 13.6 Å². The first-order chi connectivity index (χ1) is 11.7. The fourth-order valence-electron chi connectivity index (χ4n) is 4.56. The van der Waals surface area contributed by atoms with Gasteiger partial charge < -0.3 is 4.57 Å². The molecule has 1 atom stereocenters. The van der Waals surface area contributed by atoms with Gasteiger partial charge in [0.2, 0.25) is 5.36 Å². The van der Waals surface area contributed by atoms with Crippen LogP contribution >= 0.6 is 0 Å². The van der Waals surface area contributed by atoms with Crippen LogP contribution in [0.25, 0.3) is 27.8 Å². The van der Waals surface area contributed by atoms with Gasteiger partial charge in [0.25, 0.3) is 0 Å². The van der Waals surface area contributed by atoms with Gasteiger partial charge in [-0.25, -0.2) is 4.58 Å². The molecule has 1 aliphatic heterocycles. The van der Waals surface area contributed by atoms with Crippen molar-refractivity contribution in [1.29, 1.82) is 0 Å². The number of hydrogen-bond acceptors (Lipinski definition) is 0. The van der Waals surface area contributed by atoms with Crippen LogP contribution in [0, 0.1) is 0 Å². The summed E-state index contributed by atoms with van der Waals surface area (Å²) in [5.41, 5.74) is 4.29. The Labute approximate surface area is 144 Å². The minimum absolute atomic E-state index is 0.522. The molecule has 2 heteroatoms. The quantitative estimate of drug-likeness (QED) is 0.622. The zero-order valence-electron chi connectivity index (χ0n) is 15.3. The summed E-state index contributed by atoms with van der Waals surface area (Å²) in [5, 5.41) is 5.71. The van der Waals surface area contributed by atoms with Gasteiger partial charge in [-0.2, -0.15) is 0 Å². The van der Waals surface area contributed by atoms with Gasteiger partial charge in [0, 0.05) is 34.5 Å². The fourth-order valence-corrected chi connectivity index (χ4v) is 4.56. The highest BCUT2D eigenvalue weighted by Crippen LogP contribution is 2.36. The van der Waals surface area contributed by atoms with E-state index in [1.165, 1.54) is 51.1 Å². The van der Waals surface area contributed by atoms with Gasteiger partial charge in [-0.3, -0.25) is 0 Å². The SMILES string of the molecule is C/C=C/c1c2cccc3c4c(cc(c23)n1C(C)CCC)CC[N+]=4C. The normalized spacial score (nSPS) is 15.9. The summed E-state index contributed by atoms with van der Waals surface area (Å²) >= 11 is 0. The first-order valence-electron chi connectivity index (χ1n) is 9.26. The molecule has 0 N–H and O–H groups in total. The molecule has 0 saturated carbocycles. The van der Waals surface area contributed by atoms with E-state index in [4.69, 9.17) is 0 Å². The Hall–Kier alpha value is -2.09. The number of benzene rings is 2. The highest BCUT2D eigenvalue weighted by molar-refractivity contribution is 6.13. The van der Waals surface area contributed by atoms with Crippen LogP contribution in [0.5, 0.6) is 0 Å². The molecule has 0 radical (unpaired) electrons. The van der Waals surface area contributed by atoms with Crippen molar-refractivity contribution in [2.24, 2.45) is 0 Å². The van der Waals surface area contributed by atoms with Crippen molar-refractivity contribution in [3.8, 4) is 0 Å². The molecule has 2 aromatic carbocycles. The summed E-state index contributed by atoms with van der Waals surface area (Å²) < 4.78 is 5.01. The molecule has 2 nitrogen and oxygen atoms in total. The van der Waals surface area contributed by atoms with E-state index < -0.39 is 0 Å². The maximum Gasteiger partial charge on any atom is 0.211 e. The molecule has 0 fully saturated rings. The Morgan fingerprint density at radius 3 is 2.83 bits per heavy atom. The Bertz CT molecular complexity index is 1000. The zero-order chi connectivity index (χ0) is 16.8. The van der Waals surface area contributed by atoms with Gasteiger partial charge in [-0.1, -0.05) is 31.6 Å². The molecule has 0 aliphatic carbocycles. The van der Waals surface area contributed by atoms with Gasteiger partial charge >= 0.3 is 0 Å². The van der Waals surface area contributed by atoms with Crippen LogP contribution < -0.4 is 9.93 Å². The Morgan fingerprint density at radius 2 is 2.08 bits per heavy atom. The number of nitrogens with zero attached hydrogens (tertiary/aromatic N) is 2. The van der Waals surface area contributed by atoms with Crippen LogP contribution in [0.15, 0.2) is 30.3 Å². The summed E-state index contributed by atoms with van der Waals surface area (Å²) in [6.45, 7) is 7.90. The van der Waals surface area contributed by atoms with Crippen LogP contribution in [0.1, 0.15) is 50.9 Å². The summed E-state index contributed by atoms with van der Waals surface area (Å²) in [6, 6.07) is 9.82. The van der Waals surface area contributed by atoms with Gasteiger partial charge in [0.15, 0.2) is 0 Å². The van der Waals surface area contributed by atoms with Gasteiger partial charge in [-0.05, 0) is 38.5 Å². The Kier molecular flexibility index (Phi) is 3.71. The molecule has 1 aromatic heterocycles. The van der Waals surface area contributed by atoms with Crippen molar-refractivity contribution in [2.45, 2.75) is 46.1 Å². The fraction of sp³-hybridized carbons (Fsp3) is 0.409. The average molecular weight is 319 g/mol. The standard InChI is InChI=1S/C22H27N2/c1-5-8-15(3)24-19(9-6-2)17-10-7-11-18-21(17)20(24)14-16-12-13-23(4)22(16)18/h6-7,9-11,14-15H,5,8,12-13H2,1-4H3/q+1/b9-6+. The summed E-state index contributed by atoms with van der Waals surface area (Å²) in [5.74, 6) is 0. The Balaban J connectivity index is 2.20. The molecule has 1 unspecified atom stereocenters. The smallest absolute Gasteiger partial charge is 0.211 e. The van der Waals surface area contributed by atoms with Crippen molar-refractivity contribution < 1.29 is 0 Å². The molecule has 124 valence electrons. The second-order valence-electron chi connectivity index (χ2n) is 7.20. The number of hydrogen-bond donors (Lipinski definition) is 0. The van der Waals surface area contributed by atoms with E-state index in [1.54, 1.807) is 0 Å². The van der Waals surface area contributed by atoms with E-state index in [0.717, 1.165) is 13.0 Å². The van der Waals surface area contributed by atoms with Gasteiger partial charge in [0.1, 0.15) is 13.6 Å². The first-order valence-corrected chi connectivity index (χ1v) is 9.26. The van der Waals surface area contributed by atoms with E-state index in [9.17, 15) is 0 Å². The van der Waals surface area contributed by atoms with Crippen LogP contribution in [0.4, 0.5) is 0 Å². The molecule has 4 rings (SSSR count). The molecule has 0 saturated heterocycles. The second-order valence-corrected chi connectivity index (χ2v) is 7.20. The van der Waals surface area contributed by atoms with E-state index in [1.807, 2.05) is 0 Å². The third-order valence-corrected chi connectivity index (χ3v) is 5.56. The van der Waals surface area contributed by atoms with Crippen molar-refractivity contribution in [3.63, 3.8) is 0 Å². The monoisotopic (exact) mass is 319 g/mol. The van der Waals surface area contributed by atoms with Crippen LogP contribution in [0.2, 0.25) is 0 Å². The average Bonchev–Trinajstić information content (AvgIpc) is 3.09. The van der Waals surface area contributed by atoms with Crippen LogP contribution in [-0.4, -0.2) is 18.2 Å². The molecule has 2 heterocycles. The third-order valence-electron chi connectivity index (χ3n) is 5.56. The van der Waals surface area contributed by atoms with E-state index in [2.05, 4.69) is 73.4 Å². The molecular weight excluding hydrogens is 292 g/mol. The second kappa shape index (κ2) is 5.77. The lowest BCUT2D eigenvalue weighted by atomic mass is 10.0. The number of rotatable bonds is 4. The third kappa shape index (κ3) is 2.05. The topological polar surface area (TPSA) is 7.94 Å². The van der Waals surface area contributed by atoms with Crippen molar-refractivity contribution in [1.82, 2.24) is 9.14 Å². The summed E-state index contributed by atoms with van der Waals surface area (Å²) in [7, 11) is 2.23. The highest BCUT2D eigenvalue weighted by Gasteiger charge is 2.25. The summed E-state index contributed by atoms with van der Waals surface area (Å²) in [6.07, 6.45) is 8.05. The van der Waals surface area contributed by atoms with E-state index in [-0.39, 0.29) is 0 Å². The van der Waals surface area contributed by atoms with Gasteiger partial charge in [0.05, 0.1) is 10.9 Å². The predicted molar refractivity (Wildman–Crippen MR) is 105 cm³/mol. The number of likely N-dealkylation sites (N-methyl/N-ethyl adjacent to an activating group) is 1. The van der Waals surface area contributed by atoms with Crippen molar-refractivity contribution >= 4 is 27.8 Å². The molecule has 0 bridgehead atoms. The molecule has 0 spiro atoms. The lowest BCUT2D eigenvalue weighted by Crippen LogP contribution is -2.22. The minimum atomic E-state index is 0.522. The number of fused-ring (bicyclic) bond motifs is 2. The lowest BCUT2D eigenvalue weighted by molar-refractivity contribution is 0.513. The summed E-state index contributed by atoms with van der Waals surface area (Å²) in [4.78, 5) is 0. The maximum atomic E-state index is 2.58. The van der Waals surface area contributed by atoms with Crippen LogP contribution in [0.3, 0.4) is 0 Å². The van der Waals surface area contributed by atoms with Gasteiger partial charge in [-0.15, -0.1) is 0 Å². The zero-order valence-corrected chi connectivity index (χ0v) is 15.3. The first kappa shape index (κ1) is 15.4. The largest absolute Gasteiger partial charge is 0.338 e. The molecule has 24 heavy (non-hydrogen) atoms. The maximum absolute atomic E-state index is 2.58. The lowest BCUT2D eigenvalue weighted by Gasteiger charge is -2.17. The number of aromatic nitrogens is 1. The molecular formula is C22H27N2+. The predicted octanol–water partition coefficient (Wildman–Crippen LogP) is 4.58. The van der Waals surface area contributed by atoms with Crippen molar-refractivity contribution in [3.05, 3.63) is 47.0 Å². The van der Waals surface area contributed by atoms with E-state index in [0.29, 0.717) is 6.04 Å². The molecule has 3 aromatic rings. The highest BCUT2D eigenvalue weighted by atomic mass is 15.0.